The molecule has 0 radical (unpaired) electrons. The van der Waals surface area contributed by atoms with Crippen molar-refractivity contribution in [2.75, 3.05) is 0 Å². The molecule has 2 rings (SSSR count). The minimum absolute atomic E-state index is 0.0672. The predicted molar refractivity (Wildman–Crippen MR) is 76.5 cm³/mol. The van der Waals surface area contributed by atoms with Crippen molar-refractivity contribution >= 4 is 33.2 Å². The summed E-state index contributed by atoms with van der Waals surface area (Å²) in [6.45, 7) is 2.20. The zero-order valence-electron chi connectivity index (χ0n) is 10.1. The van der Waals surface area contributed by atoms with Crippen LogP contribution in [0.5, 0.6) is 0 Å². The van der Waals surface area contributed by atoms with E-state index in [1.165, 1.54) is 4.68 Å². The third-order valence-electron chi connectivity index (χ3n) is 2.73. The lowest BCUT2D eigenvalue weighted by Gasteiger charge is -2.04. The van der Waals surface area contributed by atoms with Gasteiger partial charge in [0.25, 0.3) is 0 Å². The summed E-state index contributed by atoms with van der Waals surface area (Å²) in [5.74, 6) is 0. The van der Waals surface area contributed by atoms with Crippen molar-refractivity contribution in [2.45, 2.75) is 19.9 Å². The molecule has 19 heavy (non-hydrogen) atoms. The lowest BCUT2D eigenvalue weighted by molar-refractivity contribution is -0.385. The van der Waals surface area contributed by atoms with Crippen LogP contribution in [0.4, 0.5) is 5.69 Å². The number of rotatable bonds is 4. The number of benzene rings is 1. The second-order valence-electron chi connectivity index (χ2n) is 3.95. The highest BCUT2D eigenvalue weighted by Gasteiger charge is 2.25. The molecule has 0 amide bonds. The van der Waals surface area contributed by atoms with E-state index in [2.05, 4.69) is 21.0 Å². The first-order valence-corrected chi connectivity index (χ1v) is 6.84. The van der Waals surface area contributed by atoms with E-state index in [-0.39, 0.29) is 10.8 Å². The lowest BCUT2D eigenvalue weighted by Crippen LogP contribution is -2.03. The minimum Gasteiger partial charge on any atom is -0.258 e. The Labute approximate surface area is 123 Å². The number of hydrogen-bond donors (Lipinski definition) is 0. The number of nitro groups is 1. The fourth-order valence-corrected chi connectivity index (χ4v) is 2.48. The molecule has 0 spiro atoms. The summed E-state index contributed by atoms with van der Waals surface area (Å²) in [5, 5.41) is 15.3. The monoisotopic (exact) mass is 343 g/mol. The molecule has 0 fully saturated rings. The number of nitrogens with zero attached hydrogens (tertiary/aromatic N) is 3. The third-order valence-corrected chi connectivity index (χ3v) is 3.88. The molecule has 0 saturated carbocycles. The van der Waals surface area contributed by atoms with Crippen LogP contribution in [-0.4, -0.2) is 14.7 Å². The number of aromatic nitrogens is 2. The second-order valence-corrected chi connectivity index (χ2v) is 5.16. The molecule has 1 aromatic heterocycles. The zero-order valence-corrected chi connectivity index (χ0v) is 12.5. The first-order valence-electron chi connectivity index (χ1n) is 5.67. The highest BCUT2D eigenvalue weighted by atomic mass is 79.9. The maximum atomic E-state index is 11.0. The smallest absolute Gasteiger partial charge is 0.258 e. The van der Waals surface area contributed by atoms with Crippen LogP contribution in [0.25, 0.3) is 0 Å². The SMILES string of the molecule is CCc1nn(Cc2ccccc2Br)c(Cl)c1[N+](=O)[O-]. The molecule has 0 saturated heterocycles. The maximum Gasteiger partial charge on any atom is 0.329 e. The Hall–Kier alpha value is -1.40. The van der Waals surface area contributed by atoms with Crippen molar-refractivity contribution in [3.05, 3.63) is 55.3 Å². The van der Waals surface area contributed by atoms with Crippen LogP contribution in [0.15, 0.2) is 28.7 Å². The summed E-state index contributed by atoms with van der Waals surface area (Å²) in [7, 11) is 0. The summed E-state index contributed by atoms with van der Waals surface area (Å²) in [5.41, 5.74) is 1.27. The fourth-order valence-electron chi connectivity index (χ4n) is 1.79. The topological polar surface area (TPSA) is 61.0 Å². The molecule has 100 valence electrons. The van der Waals surface area contributed by atoms with Crippen LogP contribution < -0.4 is 0 Å². The molecule has 0 N–H and O–H groups in total. The molecule has 5 nitrogen and oxygen atoms in total. The van der Waals surface area contributed by atoms with Crippen molar-refractivity contribution in [2.24, 2.45) is 0 Å². The molecule has 1 heterocycles. The van der Waals surface area contributed by atoms with Crippen LogP contribution in [0, 0.1) is 10.1 Å². The van der Waals surface area contributed by atoms with Gasteiger partial charge < -0.3 is 0 Å². The first-order chi connectivity index (χ1) is 9.04. The van der Waals surface area contributed by atoms with Crippen molar-refractivity contribution in [1.29, 1.82) is 0 Å². The average Bonchev–Trinajstić information content (AvgIpc) is 2.69. The minimum atomic E-state index is -0.481. The van der Waals surface area contributed by atoms with Gasteiger partial charge in [-0.05, 0) is 18.1 Å². The van der Waals surface area contributed by atoms with Crippen LogP contribution in [0.1, 0.15) is 18.2 Å². The van der Waals surface area contributed by atoms with E-state index in [0.717, 1.165) is 10.0 Å². The summed E-state index contributed by atoms with van der Waals surface area (Å²) in [6, 6.07) is 7.62. The van der Waals surface area contributed by atoms with Gasteiger partial charge in [-0.25, -0.2) is 4.68 Å². The van der Waals surface area contributed by atoms with Crippen LogP contribution in [-0.2, 0) is 13.0 Å². The Morgan fingerprint density at radius 1 is 1.47 bits per heavy atom. The maximum absolute atomic E-state index is 11.0. The average molecular weight is 345 g/mol. The Balaban J connectivity index is 2.42. The quantitative estimate of drug-likeness (QED) is 0.626. The molecule has 2 aromatic rings. The molecule has 0 aliphatic carbocycles. The molecule has 0 bridgehead atoms. The van der Waals surface area contributed by atoms with E-state index < -0.39 is 4.92 Å². The Bertz CT molecular complexity index is 627. The Kier molecular flexibility index (Phi) is 4.21. The molecule has 0 aliphatic heterocycles. The molecule has 1 aromatic carbocycles. The summed E-state index contributed by atoms with van der Waals surface area (Å²) in [6.07, 6.45) is 0.471. The number of hydrogen-bond acceptors (Lipinski definition) is 3. The van der Waals surface area contributed by atoms with Crippen LogP contribution >= 0.6 is 27.5 Å². The number of halogens is 2. The summed E-state index contributed by atoms with van der Waals surface area (Å²) in [4.78, 5) is 10.5. The predicted octanol–water partition coefficient (Wildman–Crippen LogP) is 3.82. The summed E-state index contributed by atoms with van der Waals surface area (Å²) >= 11 is 9.48. The summed E-state index contributed by atoms with van der Waals surface area (Å²) < 4.78 is 2.38. The third kappa shape index (κ3) is 2.79. The van der Waals surface area contributed by atoms with Crippen molar-refractivity contribution in [1.82, 2.24) is 9.78 Å². The van der Waals surface area contributed by atoms with Crippen LogP contribution in [0.2, 0.25) is 5.15 Å². The van der Waals surface area contributed by atoms with Gasteiger partial charge in [0.1, 0.15) is 5.69 Å². The van der Waals surface area contributed by atoms with E-state index in [1.807, 2.05) is 31.2 Å². The van der Waals surface area contributed by atoms with E-state index in [0.29, 0.717) is 18.7 Å². The van der Waals surface area contributed by atoms with Gasteiger partial charge in [-0.1, -0.05) is 52.7 Å². The van der Waals surface area contributed by atoms with Gasteiger partial charge in [-0.15, -0.1) is 0 Å². The molecular formula is C12H11BrClN3O2. The van der Waals surface area contributed by atoms with Gasteiger partial charge in [0.2, 0.25) is 5.15 Å². The standard InChI is InChI=1S/C12H11BrClN3O2/c1-2-10-11(17(18)19)12(14)16(15-10)7-8-5-3-4-6-9(8)13/h3-6H,2,7H2,1H3. The van der Waals surface area contributed by atoms with Gasteiger partial charge >= 0.3 is 5.69 Å². The van der Waals surface area contributed by atoms with E-state index in [1.54, 1.807) is 0 Å². The van der Waals surface area contributed by atoms with E-state index in [9.17, 15) is 10.1 Å². The van der Waals surface area contributed by atoms with E-state index >= 15 is 0 Å². The fraction of sp³-hybridized carbons (Fsp3) is 0.250. The molecule has 0 atom stereocenters. The van der Waals surface area contributed by atoms with Gasteiger partial charge in [0.15, 0.2) is 0 Å². The second kappa shape index (κ2) is 5.71. The van der Waals surface area contributed by atoms with Gasteiger partial charge in [0.05, 0.1) is 11.5 Å². The molecule has 0 unspecified atom stereocenters. The van der Waals surface area contributed by atoms with Crippen LogP contribution in [0.3, 0.4) is 0 Å². The van der Waals surface area contributed by atoms with Crippen molar-refractivity contribution in [3.8, 4) is 0 Å². The largest absolute Gasteiger partial charge is 0.329 e. The van der Waals surface area contributed by atoms with Gasteiger partial charge in [-0.3, -0.25) is 10.1 Å². The van der Waals surface area contributed by atoms with Crippen molar-refractivity contribution < 1.29 is 4.92 Å². The van der Waals surface area contributed by atoms with Gasteiger partial charge in [-0.2, -0.15) is 5.10 Å². The number of aryl methyl sites for hydroxylation is 1. The Morgan fingerprint density at radius 2 is 2.16 bits per heavy atom. The highest BCUT2D eigenvalue weighted by Crippen LogP contribution is 2.30. The van der Waals surface area contributed by atoms with E-state index in [4.69, 9.17) is 11.6 Å². The lowest BCUT2D eigenvalue weighted by atomic mass is 10.2. The molecular weight excluding hydrogens is 334 g/mol. The van der Waals surface area contributed by atoms with Crippen molar-refractivity contribution in [3.63, 3.8) is 0 Å². The molecule has 0 aliphatic rings. The first kappa shape index (κ1) is 14.0. The zero-order chi connectivity index (χ0) is 14.0. The Morgan fingerprint density at radius 3 is 2.68 bits per heavy atom. The van der Waals surface area contributed by atoms with Gasteiger partial charge in [0, 0.05) is 4.47 Å². The highest BCUT2D eigenvalue weighted by molar-refractivity contribution is 9.10. The normalized spacial score (nSPS) is 10.7. The molecule has 7 heteroatoms.